The van der Waals surface area contributed by atoms with Gasteiger partial charge in [-0.1, -0.05) is 0 Å². The zero-order chi connectivity index (χ0) is 18.8. The Balaban J connectivity index is 2.23. The second kappa shape index (κ2) is 7.40. The first-order chi connectivity index (χ1) is 12.5. The molecule has 0 aliphatic heterocycles. The summed E-state index contributed by atoms with van der Waals surface area (Å²) in [6.07, 6.45) is 1.48. The van der Waals surface area contributed by atoms with Crippen LogP contribution >= 0.6 is 31.9 Å². The zero-order valence-electron chi connectivity index (χ0n) is 13.8. The number of hydrogen-bond donors (Lipinski definition) is 2. The Bertz CT molecular complexity index is 1030. The minimum atomic E-state index is 0.0991. The van der Waals surface area contributed by atoms with Crippen LogP contribution in [0.3, 0.4) is 0 Å². The van der Waals surface area contributed by atoms with Gasteiger partial charge in [0.15, 0.2) is 11.5 Å². The van der Waals surface area contributed by atoms with E-state index in [0.717, 1.165) is 0 Å². The number of aromatic nitrogens is 1. The van der Waals surface area contributed by atoms with E-state index < -0.39 is 0 Å². The van der Waals surface area contributed by atoms with Gasteiger partial charge in [-0.25, -0.2) is 0 Å². The minimum Gasteiger partial charge on any atom is -0.506 e. The second-order valence-corrected chi connectivity index (χ2v) is 6.98. The monoisotopic (exact) mass is 477 g/mol. The summed E-state index contributed by atoms with van der Waals surface area (Å²) in [4.78, 5) is 4.36. The molecule has 3 rings (SSSR count). The highest BCUT2D eigenvalue weighted by atomic mass is 79.9. The van der Waals surface area contributed by atoms with Gasteiger partial charge in [0.05, 0.1) is 34.4 Å². The van der Waals surface area contributed by atoms with Crippen LogP contribution in [0.4, 0.5) is 11.4 Å². The smallest absolute Gasteiger partial charge is 0.187 e. The number of anilines is 2. The summed E-state index contributed by atoms with van der Waals surface area (Å²) in [7, 11) is 3.09. The summed E-state index contributed by atoms with van der Waals surface area (Å²) in [5.41, 5.74) is 2.22. The van der Waals surface area contributed by atoms with Crippen molar-refractivity contribution in [3.05, 3.63) is 45.0 Å². The van der Waals surface area contributed by atoms with E-state index in [-0.39, 0.29) is 5.75 Å². The lowest BCUT2D eigenvalue weighted by molar-refractivity contribution is 0.358. The number of nitriles is 1. The fourth-order valence-corrected chi connectivity index (χ4v) is 3.77. The van der Waals surface area contributed by atoms with E-state index in [1.165, 1.54) is 6.20 Å². The molecule has 0 amide bonds. The molecule has 0 spiro atoms. The molecule has 132 valence electrons. The first-order valence-corrected chi connectivity index (χ1v) is 8.97. The third-order valence-electron chi connectivity index (χ3n) is 3.79. The summed E-state index contributed by atoms with van der Waals surface area (Å²) in [5, 5.41) is 23.3. The highest BCUT2D eigenvalue weighted by Crippen LogP contribution is 2.40. The summed E-state index contributed by atoms with van der Waals surface area (Å²) < 4.78 is 11.8. The highest BCUT2D eigenvalue weighted by Gasteiger charge is 2.17. The van der Waals surface area contributed by atoms with Crippen molar-refractivity contribution in [2.24, 2.45) is 0 Å². The molecular formula is C18H13Br2N3O3. The average molecular weight is 479 g/mol. The van der Waals surface area contributed by atoms with Gasteiger partial charge in [0, 0.05) is 17.3 Å². The van der Waals surface area contributed by atoms with Gasteiger partial charge in [-0.3, -0.25) is 4.98 Å². The van der Waals surface area contributed by atoms with Crippen molar-refractivity contribution in [2.45, 2.75) is 0 Å². The van der Waals surface area contributed by atoms with E-state index in [2.05, 4.69) is 48.2 Å². The molecule has 2 aromatic carbocycles. The van der Waals surface area contributed by atoms with E-state index >= 15 is 0 Å². The first kappa shape index (κ1) is 18.3. The Morgan fingerprint density at radius 1 is 1.15 bits per heavy atom. The maximum absolute atomic E-state index is 9.88. The number of nitrogens with zero attached hydrogens (tertiary/aromatic N) is 2. The van der Waals surface area contributed by atoms with Gasteiger partial charge in [0.1, 0.15) is 17.3 Å². The third kappa shape index (κ3) is 3.16. The third-order valence-corrected chi connectivity index (χ3v) is 5.00. The van der Waals surface area contributed by atoms with Crippen molar-refractivity contribution >= 4 is 54.1 Å². The van der Waals surface area contributed by atoms with Crippen molar-refractivity contribution < 1.29 is 14.6 Å². The van der Waals surface area contributed by atoms with Crippen LogP contribution < -0.4 is 14.8 Å². The quantitative estimate of drug-likeness (QED) is 0.507. The van der Waals surface area contributed by atoms with E-state index in [1.807, 2.05) is 6.07 Å². The summed E-state index contributed by atoms with van der Waals surface area (Å²) >= 11 is 6.61. The van der Waals surface area contributed by atoms with E-state index in [4.69, 9.17) is 9.47 Å². The fourth-order valence-electron chi connectivity index (χ4n) is 2.58. The molecular weight excluding hydrogens is 466 g/mol. The summed E-state index contributed by atoms with van der Waals surface area (Å²) in [5.74, 6) is 1.14. The maximum Gasteiger partial charge on any atom is 0.187 e. The largest absolute Gasteiger partial charge is 0.506 e. The molecule has 0 atom stereocenters. The van der Waals surface area contributed by atoms with Crippen molar-refractivity contribution in [1.82, 2.24) is 4.98 Å². The van der Waals surface area contributed by atoms with Gasteiger partial charge in [-0.2, -0.15) is 5.26 Å². The molecule has 0 aliphatic rings. The van der Waals surface area contributed by atoms with Crippen LogP contribution in [0.1, 0.15) is 5.56 Å². The van der Waals surface area contributed by atoms with Crippen molar-refractivity contribution in [1.29, 1.82) is 5.26 Å². The Morgan fingerprint density at radius 2 is 1.85 bits per heavy atom. The number of hydrogen-bond acceptors (Lipinski definition) is 6. The molecule has 1 aromatic heterocycles. The molecule has 8 heteroatoms. The van der Waals surface area contributed by atoms with Gasteiger partial charge in [-0.05, 0) is 56.1 Å². The number of phenols is 1. The first-order valence-electron chi connectivity index (χ1n) is 7.39. The predicted molar refractivity (Wildman–Crippen MR) is 106 cm³/mol. The predicted octanol–water partition coefficient (Wildman–Crippen LogP) is 5.10. The number of benzene rings is 2. The van der Waals surface area contributed by atoms with Gasteiger partial charge in [0.2, 0.25) is 0 Å². The van der Waals surface area contributed by atoms with Crippen molar-refractivity contribution in [3.8, 4) is 23.3 Å². The maximum atomic E-state index is 9.88. The topological polar surface area (TPSA) is 87.4 Å². The van der Waals surface area contributed by atoms with Gasteiger partial charge in [0.25, 0.3) is 0 Å². The average Bonchev–Trinajstić information content (AvgIpc) is 2.65. The lowest BCUT2D eigenvalue weighted by atomic mass is 10.1. The van der Waals surface area contributed by atoms with E-state index in [0.29, 0.717) is 48.3 Å². The number of aromatic hydroxyl groups is 1. The normalized spacial score (nSPS) is 10.4. The molecule has 26 heavy (non-hydrogen) atoms. The van der Waals surface area contributed by atoms with Crippen LogP contribution in [-0.4, -0.2) is 24.3 Å². The van der Waals surface area contributed by atoms with Crippen LogP contribution in [0.5, 0.6) is 17.2 Å². The molecule has 0 radical (unpaired) electrons. The van der Waals surface area contributed by atoms with Crippen LogP contribution in [0.25, 0.3) is 10.9 Å². The van der Waals surface area contributed by atoms with E-state index in [9.17, 15) is 10.4 Å². The van der Waals surface area contributed by atoms with E-state index in [1.54, 1.807) is 32.4 Å². The molecule has 3 aromatic rings. The number of ether oxygens (including phenoxy) is 2. The van der Waals surface area contributed by atoms with Gasteiger partial charge >= 0.3 is 0 Å². The standard InChI is InChI=1S/C18H13Br2N3O3/c1-25-14-4-3-11-15(9(7-21)8-22-16(11)18(14)26-2)23-10-5-12(19)17(24)13(20)6-10/h3-6,8,24H,1-2H3,(H,22,23). The van der Waals surface area contributed by atoms with Crippen molar-refractivity contribution in [2.75, 3.05) is 19.5 Å². The lowest BCUT2D eigenvalue weighted by Crippen LogP contribution is -1.99. The van der Waals surface area contributed by atoms with Gasteiger partial charge in [-0.15, -0.1) is 0 Å². The Kier molecular flexibility index (Phi) is 5.20. The molecule has 2 N–H and O–H groups in total. The second-order valence-electron chi connectivity index (χ2n) is 5.27. The number of rotatable bonds is 4. The molecule has 0 fully saturated rings. The lowest BCUT2D eigenvalue weighted by Gasteiger charge is -2.15. The number of halogens is 2. The Hall–Kier alpha value is -2.50. The SMILES string of the molecule is COc1ccc2c(Nc3cc(Br)c(O)c(Br)c3)c(C#N)cnc2c1OC. The van der Waals surface area contributed by atoms with Crippen LogP contribution in [0, 0.1) is 11.3 Å². The summed E-state index contributed by atoms with van der Waals surface area (Å²) in [6.45, 7) is 0. The molecule has 0 aliphatic carbocycles. The van der Waals surface area contributed by atoms with Crippen LogP contribution in [0.2, 0.25) is 0 Å². The Morgan fingerprint density at radius 3 is 2.42 bits per heavy atom. The number of pyridine rings is 1. The number of methoxy groups -OCH3 is 2. The molecule has 0 saturated heterocycles. The molecule has 1 heterocycles. The molecule has 0 bridgehead atoms. The van der Waals surface area contributed by atoms with Crippen LogP contribution in [0.15, 0.2) is 39.4 Å². The Labute approximate surface area is 166 Å². The highest BCUT2D eigenvalue weighted by molar-refractivity contribution is 9.11. The molecule has 0 saturated carbocycles. The van der Waals surface area contributed by atoms with Crippen molar-refractivity contribution in [3.63, 3.8) is 0 Å². The fraction of sp³-hybridized carbons (Fsp3) is 0.111. The van der Waals surface area contributed by atoms with Gasteiger partial charge < -0.3 is 19.9 Å². The number of nitrogens with one attached hydrogen (secondary N) is 1. The summed E-state index contributed by atoms with van der Waals surface area (Å²) in [6, 6.07) is 9.16. The number of phenolic OH excluding ortho intramolecular Hbond substituents is 1. The van der Waals surface area contributed by atoms with Crippen LogP contribution in [-0.2, 0) is 0 Å². The number of fused-ring (bicyclic) bond motifs is 1. The molecule has 6 nitrogen and oxygen atoms in total. The zero-order valence-corrected chi connectivity index (χ0v) is 17.0. The molecule has 0 unspecified atom stereocenters. The minimum absolute atomic E-state index is 0.0991.